The van der Waals surface area contributed by atoms with Crippen molar-refractivity contribution in [2.45, 2.75) is 43.3 Å². The van der Waals surface area contributed by atoms with Crippen molar-refractivity contribution < 1.29 is 4.43 Å². The van der Waals surface area contributed by atoms with Gasteiger partial charge in [0, 0.05) is 4.43 Å². The third-order valence-electron chi connectivity index (χ3n) is 3.26. The number of benzene rings is 1. The van der Waals surface area contributed by atoms with E-state index in [0.717, 1.165) is 10.2 Å². The lowest BCUT2D eigenvalue weighted by molar-refractivity contribution is 0.492. The first-order valence-electron chi connectivity index (χ1n) is 5.60. The van der Waals surface area contributed by atoms with Gasteiger partial charge in [-0.15, -0.1) is 0 Å². The molecule has 0 saturated carbocycles. The van der Waals surface area contributed by atoms with Gasteiger partial charge >= 0.3 is 0 Å². The molecule has 16 heavy (non-hydrogen) atoms. The highest BCUT2D eigenvalue weighted by molar-refractivity contribution is 14.1. The molecular weight excluding hydrogens is 327 g/mol. The third-order valence-corrected chi connectivity index (χ3v) is 8.50. The van der Waals surface area contributed by atoms with Crippen LogP contribution in [0.1, 0.15) is 26.3 Å². The Morgan fingerprint density at radius 2 is 1.62 bits per heavy atom. The summed E-state index contributed by atoms with van der Waals surface area (Å²) in [5.41, 5.74) is 1.35. The molecule has 0 spiro atoms. The number of hydrogen-bond acceptors (Lipinski definition) is 1. The van der Waals surface area contributed by atoms with Crippen molar-refractivity contribution in [3.05, 3.63) is 29.8 Å². The Bertz CT molecular complexity index is 338. The zero-order valence-electron chi connectivity index (χ0n) is 10.8. The lowest BCUT2D eigenvalue weighted by Crippen LogP contribution is -2.43. The fraction of sp³-hybridized carbons (Fsp3) is 0.538. The molecular formula is C13H21IOSi. The Morgan fingerprint density at radius 3 is 2.00 bits per heavy atom. The molecule has 0 aliphatic rings. The summed E-state index contributed by atoms with van der Waals surface area (Å²) in [6, 6.07) is 8.48. The second-order valence-corrected chi connectivity index (χ2v) is 11.1. The molecule has 1 aromatic rings. The maximum atomic E-state index is 6.20. The molecule has 1 nitrogen and oxygen atoms in total. The Morgan fingerprint density at radius 1 is 1.12 bits per heavy atom. The number of halogens is 1. The van der Waals surface area contributed by atoms with Crippen LogP contribution in [0.15, 0.2) is 24.3 Å². The van der Waals surface area contributed by atoms with Gasteiger partial charge in [0.05, 0.1) is 0 Å². The largest absolute Gasteiger partial charge is 0.544 e. The molecule has 0 bridgehead atoms. The first kappa shape index (κ1) is 14.0. The smallest absolute Gasteiger partial charge is 0.250 e. The summed E-state index contributed by atoms with van der Waals surface area (Å²) < 4.78 is 7.26. The van der Waals surface area contributed by atoms with Crippen LogP contribution in [0, 0.1) is 0 Å². The highest BCUT2D eigenvalue weighted by Gasteiger charge is 2.38. The molecule has 90 valence electrons. The minimum atomic E-state index is -1.68. The molecule has 0 heterocycles. The average molecular weight is 348 g/mol. The van der Waals surface area contributed by atoms with Gasteiger partial charge in [-0.05, 0) is 35.8 Å². The number of rotatable bonds is 3. The van der Waals surface area contributed by atoms with E-state index in [9.17, 15) is 0 Å². The average Bonchev–Trinajstić information content (AvgIpc) is 2.16. The molecule has 0 aliphatic heterocycles. The molecule has 0 radical (unpaired) electrons. The first-order chi connectivity index (χ1) is 7.26. The van der Waals surface area contributed by atoms with Gasteiger partial charge in [-0.25, -0.2) is 0 Å². The van der Waals surface area contributed by atoms with Crippen LogP contribution in [0.3, 0.4) is 0 Å². The molecule has 0 aliphatic carbocycles. The first-order valence-corrected chi connectivity index (χ1v) is 10.0. The van der Waals surface area contributed by atoms with Crippen molar-refractivity contribution in [3.8, 4) is 5.75 Å². The molecule has 1 rings (SSSR count). The zero-order chi connectivity index (χ0) is 12.4. The van der Waals surface area contributed by atoms with Crippen molar-refractivity contribution in [1.29, 1.82) is 0 Å². The molecule has 0 aromatic heterocycles. The van der Waals surface area contributed by atoms with Gasteiger partial charge in [0.15, 0.2) is 0 Å². The molecule has 0 atom stereocenters. The van der Waals surface area contributed by atoms with Gasteiger partial charge in [0.1, 0.15) is 5.75 Å². The van der Waals surface area contributed by atoms with E-state index in [2.05, 4.69) is 80.7 Å². The van der Waals surface area contributed by atoms with Crippen LogP contribution in [0.5, 0.6) is 5.75 Å². The topological polar surface area (TPSA) is 9.23 Å². The maximum Gasteiger partial charge on any atom is 0.250 e. The monoisotopic (exact) mass is 348 g/mol. The van der Waals surface area contributed by atoms with Crippen LogP contribution in [-0.2, 0) is 4.43 Å². The summed E-state index contributed by atoms with van der Waals surface area (Å²) in [5.74, 6) is 1.01. The molecule has 0 N–H and O–H groups in total. The normalized spacial score (nSPS) is 12.6. The summed E-state index contributed by atoms with van der Waals surface area (Å²) in [4.78, 5) is 0. The summed E-state index contributed by atoms with van der Waals surface area (Å²) in [6.45, 7) is 11.3. The van der Waals surface area contributed by atoms with Gasteiger partial charge in [0.2, 0.25) is 8.32 Å². The van der Waals surface area contributed by atoms with Crippen LogP contribution in [0.4, 0.5) is 0 Å². The second kappa shape index (κ2) is 5.08. The van der Waals surface area contributed by atoms with E-state index in [1.807, 2.05) is 0 Å². The second-order valence-electron chi connectivity index (χ2n) is 5.64. The fourth-order valence-corrected chi connectivity index (χ4v) is 2.63. The summed E-state index contributed by atoms with van der Waals surface area (Å²) in [6.07, 6.45) is 0. The lowest BCUT2D eigenvalue weighted by Gasteiger charge is -2.36. The van der Waals surface area contributed by atoms with Gasteiger partial charge in [0.25, 0.3) is 0 Å². The Balaban J connectivity index is 2.80. The van der Waals surface area contributed by atoms with Crippen molar-refractivity contribution >= 4 is 30.9 Å². The Labute approximate surface area is 114 Å². The van der Waals surface area contributed by atoms with Gasteiger partial charge in [-0.2, -0.15) is 0 Å². The Hall–Kier alpha value is -0.0331. The summed E-state index contributed by atoms with van der Waals surface area (Å²) in [7, 11) is -1.68. The summed E-state index contributed by atoms with van der Waals surface area (Å²) in [5, 5.41) is 0.259. The minimum Gasteiger partial charge on any atom is -0.544 e. The molecule has 3 heteroatoms. The van der Waals surface area contributed by atoms with E-state index in [1.54, 1.807) is 0 Å². The SMILES string of the molecule is CC(C)(C)[Si](C)(C)Oc1ccc(CI)cc1. The van der Waals surface area contributed by atoms with E-state index in [0.29, 0.717) is 0 Å². The Kier molecular flexibility index (Phi) is 4.46. The van der Waals surface area contributed by atoms with Crippen molar-refractivity contribution in [2.24, 2.45) is 0 Å². The van der Waals surface area contributed by atoms with Crippen molar-refractivity contribution in [3.63, 3.8) is 0 Å². The number of alkyl halides is 1. The van der Waals surface area contributed by atoms with Crippen molar-refractivity contribution in [1.82, 2.24) is 0 Å². The molecule has 0 unspecified atom stereocenters. The lowest BCUT2D eigenvalue weighted by atomic mass is 10.2. The standard InChI is InChI=1S/C13H21IOSi/c1-13(2,3)16(4,5)15-12-8-6-11(10-14)7-9-12/h6-9H,10H2,1-5H3. The molecule has 0 saturated heterocycles. The highest BCUT2D eigenvalue weighted by Crippen LogP contribution is 2.37. The van der Waals surface area contributed by atoms with Gasteiger partial charge in [-0.1, -0.05) is 55.5 Å². The molecule has 0 amide bonds. The highest BCUT2D eigenvalue weighted by atomic mass is 127. The predicted octanol–water partition coefficient (Wildman–Crippen LogP) is 5.01. The van der Waals surface area contributed by atoms with Crippen LogP contribution < -0.4 is 4.43 Å². The fourth-order valence-electron chi connectivity index (χ4n) is 1.09. The van der Waals surface area contributed by atoms with Crippen LogP contribution in [-0.4, -0.2) is 8.32 Å². The summed E-state index contributed by atoms with van der Waals surface area (Å²) >= 11 is 2.37. The van der Waals surface area contributed by atoms with E-state index in [4.69, 9.17) is 4.43 Å². The minimum absolute atomic E-state index is 0.259. The third kappa shape index (κ3) is 3.48. The van der Waals surface area contributed by atoms with E-state index < -0.39 is 8.32 Å². The van der Waals surface area contributed by atoms with Gasteiger partial charge in [-0.3, -0.25) is 0 Å². The number of hydrogen-bond donors (Lipinski definition) is 0. The van der Waals surface area contributed by atoms with Crippen LogP contribution >= 0.6 is 22.6 Å². The van der Waals surface area contributed by atoms with Crippen molar-refractivity contribution in [2.75, 3.05) is 0 Å². The quantitative estimate of drug-likeness (QED) is 0.424. The maximum absolute atomic E-state index is 6.20. The molecule has 1 aromatic carbocycles. The van der Waals surface area contributed by atoms with Crippen LogP contribution in [0.2, 0.25) is 18.1 Å². The van der Waals surface area contributed by atoms with E-state index in [-0.39, 0.29) is 5.04 Å². The molecule has 0 fully saturated rings. The predicted molar refractivity (Wildman–Crippen MR) is 82.0 cm³/mol. The van der Waals surface area contributed by atoms with Crippen LogP contribution in [0.25, 0.3) is 0 Å². The van der Waals surface area contributed by atoms with Gasteiger partial charge < -0.3 is 4.43 Å². The van der Waals surface area contributed by atoms with E-state index in [1.165, 1.54) is 5.56 Å². The zero-order valence-corrected chi connectivity index (χ0v) is 14.0. The van der Waals surface area contributed by atoms with E-state index >= 15 is 0 Å².